The summed E-state index contributed by atoms with van der Waals surface area (Å²) in [5, 5.41) is 14.0. The average molecular weight is 286 g/mol. The molecule has 1 amide bonds. The lowest BCUT2D eigenvalue weighted by Gasteiger charge is -2.14. The molecule has 0 fully saturated rings. The van der Waals surface area contributed by atoms with Gasteiger partial charge in [0, 0.05) is 19.5 Å². The first-order valence-electron chi connectivity index (χ1n) is 6.04. The Morgan fingerprint density at radius 3 is 2.35 bits per heavy atom. The number of hydrogen-bond acceptors (Lipinski definition) is 3. The van der Waals surface area contributed by atoms with Gasteiger partial charge >= 0.3 is 5.97 Å². The Morgan fingerprint density at radius 1 is 1.25 bits per heavy atom. The number of carbonyl (C=O) groups excluding carboxylic acids is 1. The third kappa shape index (κ3) is 5.75. The molecule has 0 spiro atoms. The summed E-state index contributed by atoms with van der Waals surface area (Å²) in [5.41, 5.74) is 0.474. The molecule has 0 saturated carbocycles. The zero-order valence-corrected chi connectivity index (χ0v) is 11.0. The SMILES string of the molecule is CC(=O)NC(CNCCc1cc(F)cc(F)c1)C(=O)O. The van der Waals surface area contributed by atoms with E-state index in [1.54, 1.807) is 0 Å². The van der Waals surface area contributed by atoms with E-state index in [4.69, 9.17) is 5.11 Å². The summed E-state index contributed by atoms with van der Waals surface area (Å²) in [6.07, 6.45) is 0.348. The van der Waals surface area contributed by atoms with Gasteiger partial charge in [-0.1, -0.05) is 0 Å². The highest BCUT2D eigenvalue weighted by molar-refractivity contribution is 5.82. The number of halogens is 2. The quantitative estimate of drug-likeness (QED) is 0.644. The molecule has 0 aliphatic rings. The number of aliphatic carboxylic acids is 1. The highest BCUT2D eigenvalue weighted by Crippen LogP contribution is 2.07. The zero-order chi connectivity index (χ0) is 15.1. The van der Waals surface area contributed by atoms with E-state index < -0.39 is 29.6 Å². The zero-order valence-electron chi connectivity index (χ0n) is 11.0. The standard InChI is InChI=1S/C13H16F2N2O3/c1-8(18)17-12(13(19)20)7-16-3-2-9-4-10(14)6-11(15)5-9/h4-6,12,16H,2-3,7H2,1H3,(H,17,18)(H,19,20). The monoisotopic (exact) mass is 286 g/mol. The molecule has 0 saturated heterocycles. The molecule has 0 aromatic heterocycles. The minimum absolute atomic E-state index is 0.0344. The van der Waals surface area contributed by atoms with Crippen LogP contribution < -0.4 is 10.6 Å². The Morgan fingerprint density at radius 2 is 1.85 bits per heavy atom. The highest BCUT2D eigenvalue weighted by atomic mass is 19.1. The normalized spacial score (nSPS) is 11.9. The number of nitrogens with one attached hydrogen (secondary N) is 2. The van der Waals surface area contributed by atoms with Crippen molar-refractivity contribution in [3.05, 3.63) is 35.4 Å². The first-order valence-corrected chi connectivity index (χ1v) is 6.04. The second kappa shape index (κ2) is 7.54. The maximum Gasteiger partial charge on any atom is 0.327 e. The first kappa shape index (κ1) is 16.0. The van der Waals surface area contributed by atoms with Crippen LogP contribution in [0.4, 0.5) is 8.78 Å². The maximum atomic E-state index is 12.9. The second-order valence-electron chi connectivity index (χ2n) is 4.32. The Kier molecular flexibility index (Phi) is 6.05. The fraction of sp³-hybridized carbons (Fsp3) is 0.385. The van der Waals surface area contributed by atoms with Crippen molar-refractivity contribution in [2.75, 3.05) is 13.1 Å². The van der Waals surface area contributed by atoms with Crippen LogP contribution in [0.5, 0.6) is 0 Å². The number of rotatable bonds is 7. The van der Waals surface area contributed by atoms with Crippen LogP contribution in [-0.4, -0.2) is 36.1 Å². The molecule has 1 rings (SSSR count). The predicted molar refractivity (Wildman–Crippen MR) is 68.2 cm³/mol. The van der Waals surface area contributed by atoms with Crippen molar-refractivity contribution in [3.8, 4) is 0 Å². The van der Waals surface area contributed by atoms with Gasteiger partial charge in [-0.25, -0.2) is 13.6 Å². The van der Waals surface area contributed by atoms with Gasteiger partial charge in [-0.05, 0) is 30.7 Å². The molecule has 0 aliphatic carbocycles. The predicted octanol–water partition coefficient (Wildman–Crippen LogP) is 0.686. The number of benzene rings is 1. The van der Waals surface area contributed by atoms with Crippen molar-refractivity contribution < 1.29 is 23.5 Å². The molecule has 0 heterocycles. The van der Waals surface area contributed by atoms with Crippen LogP contribution >= 0.6 is 0 Å². The average Bonchev–Trinajstić information content (AvgIpc) is 2.31. The fourth-order valence-electron chi connectivity index (χ4n) is 1.68. The van der Waals surface area contributed by atoms with Gasteiger partial charge in [0.25, 0.3) is 0 Å². The first-order chi connectivity index (χ1) is 9.38. The number of amides is 1. The minimum Gasteiger partial charge on any atom is -0.480 e. The summed E-state index contributed by atoms with van der Waals surface area (Å²) in [7, 11) is 0. The van der Waals surface area contributed by atoms with Crippen LogP contribution in [0.15, 0.2) is 18.2 Å². The van der Waals surface area contributed by atoms with Gasteiger partial charge in [-0.15, -0.1) is 0 Å². The van der Waals surface area contributed by atoms with Crippen LogP contribution in [0.2, 0.25) is 0 Å². The molecule has 20 heavy (non-hydrogen) atoms. The molecular formula is C13H16F2N2O3. The maximum absolute atomic E-state index is 12.9. The molecule has 5 nitrogen and oxygen atoms in total. The largest absolute Gasteiger partial charge is 0.480 e. The van der Waals surface area contributed by atoms with E-state index in [9.17, 15) is 18.4 Å². The van der Waals surface area contributed by atoms with Crippen molar-refractivity contribution in [2.45, 2.75) is 19.4 Å². The molecule has 7 heteroatoms. The number of carboxylic acid groups (broad SMARTS) is 1. The number of carbonyl (C=O) groups is 2. The number of hydrogen-bond donors (Lipinski definition) is 3. The van der Waals surface area contributed by atoms with Gasteiger partial charge in [-0.2, -0.15) is 0 Å². The highest BCUT2D eigenvalue weighted by Gasteiger charge is 2.17. The van der Waals surface area contributed by atoms with Crippen molar-refractivity contribution in [1.29, 1.82) is 0 Å². The van der Waals surface area contributed by atoms with Crippen LogP contribution in [0.3, 0.4) is 0 Å². The molecule has 110 valence electrons. The van der Waals surface area contributed by atoms with E-state index in [1.165, 1.54) is 19.1 Å². The number of carboxylic acids is 1. The van der Waals surface area contributed by atoms with Crippen LogP contribution in [0.1, 0.15) is 12.5 Å². The fourth-order valence-corrected chi connectivity index (χ4v) is 1.68. The summed E-state index contributed by atoms with van der Waals surface area (Å²) >= 11 is 0. The van der Waals surface area contributed by atoms with Gasteiger partial charge in [0.1, 0.15) is 17.7 Å². The summed E-state index contributed by atoms with van der Waals surface area (Å²) in [6.45, 7) is 1.60. The molecule has 0 bridgehead atoms. The van der Waals surface area contributed by atoms with E-state index in [-0.39, 0.29) is 6.54 Å². The van der Waals surface area contributed by atoms with Crippen molar-refractivity contribution in [2.24, 2.45) is 0 Å². The minimum atomic E-state index is -1.15. The molecule has 1 aromatic carbocycles. The van der Waals surface area contributed by atoms with Crippen LogP contribution in [0.25, 0.3) is 0 Å². The summed E-state index contributed by atoms with van der Waals surface area (Å²) < 4.78 is 25.9. The molecule has 1 atom stereocenters. The van der Waals surface area contributed by atoms with Crippen molar-refractivity contribution in [1.82, 2.24) is 10.6 Å². The second-order valence-corrected chi connectivity index (χ2v) is 4.32. The van der Waals surface area contributed by atoms with E-state index >= 15 is 0 Å². The lowest BCUT2D eigenvalue weighted by Crippen LogP contribution is -2.46. The van der Waals surface area contributed by atoms with Gasteiger partial charge < -0.3 is 15.7 Å². The Bertz CT molecular complexity index is 474. The summed E-state index contributed by atoms with van der Waals surface area (Å²) in [4.78, 5) is 21.6. The van der Waals surface area contributed by atoms with E-state index in [2.05, 4.69) is 10.6 Å². The lowest BCUT2D eigenvalue weighted by molar-refractivity contribution is -0.141. The third-order valence-electron chi connectivity index (χ3n) is 2.54. The smallest absolute Gasteiger partial charge is 0.327 e. The van der Waals surface area contributed by atoms with Gasteiger partial charge in [0.2, 0.25) is 5.91 Å². The van der Waals surface area contributed by atoms with Gasteiger partial charge in [-0.3, -0.25) is 4.79 Å². The summed E-state index contributed by atoms with van der Waals surface area (Å²) in [5.74, 6) is -2.89. The van der Waals surface area contributed by atoms with Crippen LogP contribution in [-0.2, 0) is 16.0 Å². The van der Waals surface area contributed by atoms with Crippen LogP contribution in [0, 0.1) is 11.6 Å². The van der Waals surface area contributed by atoms with E-state index in [0.717, 1.165) is 6.07 Å². The van der Waals surface area contributed by atoms with E-state index in [0.29, 0.717) is 18.5 Å². The van der Waals surface area contributed by atoms with E-state index in [1.807, 2.05) is 0 Å². The Labute approximate surface area is 115 Å². The van der Waals surface area contributed by atoms with Crippen molar-refractivity contribution in [3.63, 3.8) is 0 Å². The molecular weight excluding hydrogens is 270 g/mol. The molecule has 3 N–H and O–H groups in total. The van der Waals surface area contributed by atoms with Gasteiger partial charge in [0.05, 0.1) is 0 Å². The molecule has 1 aromatic rings. The molecule has 1 unspecified atom stereocenters. The molecule has 0 aliphatic heterocycles. The third-order valence-corrected chi connectivity index (χ3v) is 2.54. The Hall–Kier alpha value is -2.02. The lowest BCUT2D eigenvalue weighted by atomic mass is 10.1. The Balaban J connectivity index is 2.39. The van der Waals surface area contributed by atoms with Gasteiger partial charge in [0.15, 0.2) is 0 Å². The summed E-state index contributed by atoms with van der Waals surface area (Å²) in [6, 6.07) is 2.19. The van der Waals surface area contributed by atoms with Crippen molar-refractivity contribution >= 4 is 11.9 Å². The molecule has 0 radical (unpaired) electrons. The topological polar surface area (TPSA) is 78.4 Å².